The number of carbonyl (C=O) groups is 1. The minimum Gasteiger partial charge on any atom is -0.399 e. The lowest BCUT2D eigenvalue weighted by Gasteiger charge is -2.20. The maximum absolute atomic E-state index is 12.1. The number of ketones is 1. The Kier molecular flexibility index (Phi) is 3.11. The summed E-state index contributed by atoms with van der Waals surface area (Å²) in [4.78, 5) is 12.1. The highest BCUT2D eigenvalue weighted by Gasteiger charge is 2.39. The molecule has 0 saturated heterocycles. The second-order valence-electron chi connectivity index (χ2n) is 6.10. The summed E-state index contributed by atoms with van der Waals surface area (Å²) in [7, 11) is 0. The Morgan fingerprint density at radius 1 is 1.17 bits per heavy atom. The van der Waals surface area contributed by atoms with Gasteiger partial charge in [-0.1, -0.05) is 18.6 Å². The van der Waals surface area contributed by atoms with E-state index in [0.29, 0.717) is 18.1 Å². The second kappa shape index (κ2) is 4.75. The molecule has 0 spiro atoms. The number of hydrogen-bond acceptors (Lipinski definition) is 2. The number of benzene rings is 1. The van der Waals surface area contributed by atoms with Crippen LogP contribution in [-0.2, 0) is 11.2 Å². The number of carbonyl (C=O) groups excluding carboxylic acids is 1. The summed E-state index contributed by atoms with van der Waals surface area (Å²) in [5, 5.41) is 0. The lowest BCUT2D eigenvalue weighted by molar-refractivity contribution is -0.119. The van der Waals surface area contributed by atoms with Crippen LogP contribution in [0.5, 0.6) is 0 Å². The zero-order valence-electron chi connectivity index (χ0n) is 10.8. The van der Waals surface area contributed by atoms with Gasteiger partial charge in [-0.2, -0.15) is 0 Å². The smallest absolute Gasteiger partial charge is 0.137 e. The largest absolute Gasteiger partial charge is 0.399 e. The fraction of sp³-hybridized carbons (Fsp3) is 0.562. The quantitative estimate of drug-likeness (QED) is 0.825. The number of hydrogen-bond donors (Lipinski definition) is 1. The summed E-state index contributed by atoms with van der Waals surface area (Å²) in [5.41, 5.74) is 7.50. The van der Waals surface area contributed by atoms with Gasteiger partial charge in [0.15, 0.2) is 0 Å². The van der Waals surface area contributed by atoms with Gasteiger partial charge >= 0.3 is 0 Å². The van der Waals surface area contributed by atoms with Crippen molar-refractivity contribution >= 4 is 11.5 Å². The van der Waals surface area contributed by atoms with E-state index >= 15 is 0 Å². The van der Waals surface area contributed by atoms with E-state index in [1.807, 2.05) is 24.3 Å². The number of Topliss-reactive ketones (excluding diaryl/α,β-unsaturated/α-hetero) is 1. The molecule has 2 fully saturated rings. The molecule has 1 aromatic rings. The highest BCUT2D eigenvalue weighted by atomic mass is 16.1. The summed E-state index contributed by atoms with van der Waals surface area (Å²) in [5.74, 6) is 2.87. The molecular weight excluding hydrogens is 222 g/mol. The lowest BCUT2D eigenvalue weighted by Crippen LogP contribution is -2.16. The molecule has 96 valence electrons. The van der Waals surface area contributed by atoms with Crippen molar-refractivity contribution in [2.45, 2.75) is 38.5 Å². The van der Waals surface area contributed by atoms with Gasteiger partial charge in [0.1, 0.15) is 5.78 Å². The zero-order valence-corrected chi connectivity index (χ0v) is 10.8. The van der Waals surface area contributed by atoms with E-state index in [2.05, 4.69) is 0 Å². The Hall–Kier alpha value is -1.31. The minimum atomic E-state index is 0.400. The van der Waals surface area contributed by atoms with Gasteiger partial charge in [0.25, 0.3) is 0 Å². The molecule has 2 aliphatic carbocycles. The van der Waals surface area contributed by atoms with E-state index in [-0.39, 0.29) is 0 Å². The van der Waals surface area contributed by atoms with E-state index in [9.17, 15) is 4.79 Å². The standard InChI is InChI=1S/C16H21NO/c17-15-5-2-11(3-6-15)9-16(18)10-14-8-12-1-4-13(14)7-12/h2-3,5-6,12-14H,1,4,7-10,17H2. The van der Waals surface area contributed by atoms with Crippen LogP contribution in [0.2, 0.25) is 0 Å². The first kappa shape index (κ1) is 11.8. The van der Waals surface area contributed by atoms with E-state index < -0.39 is 0 Å². The van der Waals surface area contributed by atoms with Crippen LogP contribution in [0.3, 0.4) is 0 Å². The predicted molar refractivity (Wildman–Crippen MR) is 73.1 cm³/mol. The molecule has 2 saturated carbocycles. The SMILES string of the molecule is Nc1ccc(CC(=O)CC2CC3CCC2C3)cc1. The number of anilines is 1. The number of rotatable bonds is 4. The molecule has 1 aromatic carbocycles. The van der Waals surface area contributed by atoms with E-state index in [1.54, 1.807) is 0 Å². The van der Waals surface area contributed by atoms with Crippen molar-refractivity contribution < 1.29 is 4.79 Å². The summed E-state index contributed by atoms with van der Waals surface area (Å²) in [6.07, 6.45) is 6.84. The first-order valence-electron chi connectivity index (χ1n) is 7.07. The average Bonchev–Trinajstić information content (AvgIpc) is 2.94. The first-order valence-corrected chi connectivity index (χ1v) is 7.07. The maximum Gasteiger partial charge on any atom is 0.137 e. The van der Waals surface area contributed by atoms with Gasteiger partial charge in [0.2, 0.25) is 0 Å². The van der Waals surface area contributed by atoms with Gasteiger partial charge in [-0.15, -0.1) is 0 Å². The molecule has 0 aromatic heterocycles. The van der Waals surface area contributed by atoms with Gasteiger partial charge in [-0.3, -0.25) is 4.79 Å². The molecule has 0 radical (unpaired) electrons. The van der Waals surface area contributed by atoms with Crippen LogP contribution in [0.1, 0.15) is 37.7 Å². The van der Waals surface area contributed by atoms with Gasteiger partial charge in [-0.05, 0) is 54.7 Å². The predicted octanol–water partition coefficient (Wildman–Crippen LogP) is 3.21. The Bertz CT molecular complexity index is 437. The van der Waals surface area contributed by atoms with Gasteiger partial charge in [0, 0.05) is 18.5 Å². The highest BCUT2D eigenvalue weighted by Crippen LogP contribution is 2.49. The Balaban J connectivity index is 1.54. The highest BCUT2D eigenvalue weighted by molar-refractivity contribution is 5.81. The Morgan fingerprint density at radius 2 is 1.94 bits per heavy atom. The summed E-state index contributed by atoms with van der Waals surface area (Å²) in [6, 6.07) is 7.68. The van der Waals surface area contributed by atoms with Crippen LogP contribution in [-0.4, -0.2) is 5.78 Å². The Labute approximate surface area is 109 Å². The normalized spacial score (nSPS) is 29.7. The second-order valence-corrected chi connectivity index (χ2v) is 6.10. The third-order valence-corrected chi connectivity index (χ3v) is 4.76. The molecule has 2 bridgehead atoms. The molecule has 2 nitrogen and oxygen atoms in total. The van der Waals surface area contributed by atoms with E-state index in [1.165, 1.54) is 25.7 Å². The molecule has 3 unspecified atom stereocenters. The molecule has 18 heavy (non-hydrogen) atoms. The molecular formula is C16H21NO. The molecule has 2 aliphatic rings. The van der Waals surface area contributed by atoms with Crippen molar-refractivity contribution in [3.63, 3.8) is 0 Å². The monoisotopic (exact) mass is 243 g/mol. The summed E-state index contributed by atoms with van der Waals surface area (Å²) >= 11 is 0. The number of fused-ring (bicyclic) bond motifs is 2. The van der Waals surface area contributed by atoms with E-state index in [4.69, 9.17) is 5.73 Å². The molecule has 0 aliphatic heterocycles. The van der Waals surface area contributed by atoms with Crippen LogP contribution in [0, 0.1) is 17.8 Å². The van der Waals surface area contributed by atoms with Crippen molar-refractivity contribution in [3.8, 4) is 0 Å². The Morgan fingerprint density at radius 3 is 2.56 bits per heavy atom. The average molecular weight is 243 g/mol. The van der Waals surface area contributed by atoms with E-state index in [0.717, 1.165) is 29.5 Å². The molecule has 3 atom stereocenters. The molecule has 0 heterocycles. The topological polar surface area (TPSA) is 43.1 Å². The fourth-order valence-electron chi connectivity index (χ4n) is 3.85. The minimum absolute atomic E-state index is 0.400. The van der Waals surface area contributed by atoms with Crippen molar-refractivity contribution in [3.05, 3.63) is 29.8 Å². The van der Waals surface area contributed by atoms with Crippen molar-refractivity contribution in [1.29, 1.82) is 0 Å². The van der Waals surface area contributed by atoms with Gasteiger partial charge in [0.05, 0.1) is 0 Å². The van der Waals surface area contributed by atoms with Crippen LogP contribution in [0.4, 0.5) is 5.69 Å². The molecule has 3 rings (SSSR count). The van der Waals surface area contributed by atoms with Crippen LogP contribution >= 0.6 is 0 Å². The van der Waals surface area contributed by atoms with Crippen molar-refractivity contribution in [2.24, 2.45) is 17.8 Å². The summed E-state index contributed by atoms with van der Waals surface area (Å²) < 4.78 is 0. The lowest BCUT2D eigenvalue weighted by atomic mass is 9.84. The first-order chi connectivity index (χ1) is 8.70. The van der Waals surface area contributed by atoms with Gasteiger partial charge < -0.3 is 5.73 Å². The molecule has 0 amide bonds. The zero-order chi connectivity index (χ0) is 12.5. The van der Waals surface area contributed by atoms with Crippen molar-refractivity contribution in [1.82, 2.24) is 0 Å². The molecule has 2 N–H and O–H groups in total. The van der Waals surface area contributed by atoms with Crippen LogP contribution < -0.4 is 5.73 Å². The summed E-state index contributed by atoms with van der Waals surface area (Å²) in [6.45, 7) is 0. The van der Waals surface area contributed by atoms with Crippen molar-refractivity contribution in [2.75, 3.05) is 5.73 Å². The van der Waals surface area contributed by atoms with Gasteiger partial charge in [-0.25, -0.2) is 0 Å². The van der Waals surface area contributed by atoms with Crippen LogP contribution in [0.25, 0.3) is 0 Å². The molecule has 2 heteroatoms. The third kappa shape index (κ3) is 2.43. The number of nitrogen functional groups attached to an aromatic ring is 1. The van der Waals surface area contributed by atoms with Crippen LogP contribution in [0.15, 0.2) is 24.3 Å². The third-order valence-electron chi connectivity index (χ3n) is 4.76. The fourth-order valence-corrected chi connectivity index (χ4v) is 3.85. The maximum atomic E-state index is 12.1. The number of nitrogens with two attached hydrogens (primary N) is 1.